The van der Waals surface area contributed by atoms with Crippen molar-refractivity contribution in [3.8, 4) is 17.3 Å². The predicted molar refractivity (Wildman–Crippen MR) is 98.4 cm³/mol. The standard InChI is InChI=1S/C19H18F2N6O2/c1-10(23-19(29)18-7-17(11(2)28)24-25-18)9-27-4-3-16(26-27)12-5-14(20)13(8-22)15(21)6-12/h3-7,10-11,28H,9H2,1-2H3,(H,23,29)(H,24,25). The third kappa shape index (κ3) is 4.47. The number of hydrogen-bond acceptors (Lipinski definition) is 5. The van der Waals surface area contributed by atoms with Crippen molar-refractivity contribution >= 4 is 5.91 Å². The summed E-state index contributed by atoms with van der Waals surface area (Å²) >= 11 is 0. The van der Waals surface area contributed by atoms with E-state index in [4.69, 9.17) is 5.26 Å². The summed E-state index contributed by atoms with van der Waals surface area (Å²) in [5.41, 5.74) is 0.483. The molecule has 0 spiro atoms. The number of hydrogen-bond donors (Lipinski definition) is 3. The van der Waals surface area contributed by atoms with Gasteiger partial charge in [0.2, 0.25) is 0 Å². The van der Waals surface area contributed by atoms with E-state index in [1.807, 2.05) is 0 Å². The van der Waals surface area contributed by atoms with E-state index < -0.39 is 29.2 Å². The van der Waals surface area contributed by atoms with E-state index in [-0.39, 0.29) is 17.3 Å². The van der Waals surface area contributed by atoms with Crippen molar-refractivity contribution in [2.75, 3.05) is 0 Å². The summed E-state index contributed by atoms with van der Waals surface area (Å²) in [7, 11) is 0. The number of carbonyl (C=O) groups is 1. The van der Waals surface area contributed by atoms with Gasteiger partial charge in [-0.15, -0.1) is 0 Å². The van der Waals surface area contributed by atoms with Crippen molar-refractivity contribution in [2.24, 2.45) is 0 Å². The maximum absolute atomic E-state index is 13.8. The Morgan fingerprint density at radius 1 is 1.34 bits per heavy atom. The minimum Gasteiger partial charge on any atom is -0.387 e. The van der Waals surface area contributed by atoms with Crippen molar-refractivity contribution in [1.29, 1.82) is 5.26 Å². The molecule has 1 aromatic carbocycles. The summed E-state index contributed by atoms with van der Waals surface area (Å²) in [5.74, 6) is -2.31. The molecule has 0 saturated carbocycles. The number of amides is 1. The molecule has 0 radical (unpaired) electrons. The molecule has 0 aliphatic carbocycles. The number of H-pyrrole nitrogens is 1. The minimum atomic E-state index is -0.951. The van der Waals surface area contributed by atoms with Gasteiger partial charge in [-0.2, -0.15) is 15.5 Å². The van der Waals surface area contributed by atoms with Gasteiger partial charge in [-0.1, -0.05) is 0 Å². The second-order valence-corrected chi connectivity index (χ2v) is 6.61. The zero-order valence-corrected chi connectivity index (χ0v) is 15.6. The summed E-state index contributed by atoms with van der Waals surface area (Å²) in [4.78, 5) is 12.2. The molecule has 3 rings (SSSR count). The maximum Gasteiger partial charge on any atom is 0.272 e. The van der Waals surface area contributed by atoms with Crippen LogP contribution in [0.1, 0.15) is 41.7 Å². The second kappa shape index (κ2) is 8.20. The fraction of sp³-hybridized carbons (Fsp3) is 0.263. The Bertz CT molecular complexity index is 1060. The van der Waals surface area contributed by atoms with Gasteiger partial charge in [-0.25, -0.2) is 8.78 Å². The molecule has 2 heterocycles. The molecule has 2 atom stereocenters. The van der Waals surface area contributed by atoms with Gasteiger partial charge in [0.1, 0.15) is 29.0 Å². The number of aromatic amines is 1. The quantitative estimate of drug-likeness (QED) is 0.586. The van der Waals surface area contributed by atoms with Crippen LogP contribution in [0.3, 0.4) is 0 Å². The van der Waals surface area contributed by atoms with Gasteiger partial charge < -0.3 is 10.4 Å². The van der Waals surface area contributed by atoms with Crippen LogP contribution in [-0.2, 0) is 6.54 Å². The number of aliphatic hydroxyl groups excluding tert-OH is 1. The molecule has 10 heteroatoms. The Labute approximate surface area is 164 Å². The lowest BCUT2D eigenvalue weighted by Gasteiger charge is -2.13. The van der Waals surface area contributed by atoms with Crippen LogP contribution in [0.4, 0.5) is 8.78 Å². The number of carbonyl (C=O) groups excluding carboxylic acids is 1. The summed E-state index contributed by atoms with van der Waals surface area (Å²) in [5, 5.41) is 31.7. The van der Waals surface area contributed by atoms with Gasteiger partial charge in [0.25, 0.3) is 5.91 Å². The van der Waals surface area contributed by atoms with Crippen molar-refractivity contribution in [2.45, 2.75) is 32.5 Å². The summed E-state index contributed by atoms with van der Waals surface area (Å²) in [6.07, 6.45) is 0.854. The van der Waals surface area contributed by atoms with Gasteiger partial charge in [-0.05, 0) is 38.1 Å². The van der Waals surface area contributed by atoms with Gasteiger partial charge >= 0.3 is 0 Å². The van der Waals surface area contributed by atoms with Crippen LogP contribution in [0.5, 0.6) is 0 Å². The third-order valence-electron chi connectivity index (χ3n) is 4.21. The molecule has 1 amide bonds. The van der Waals surface area contributed by atoms with E-state index in [0.717, 1.165) is 12.1 Å². The number of nitriles is 1. The number of halogens is 2. The number of aromatic nitrogens is 4. The number of rotatable bonds is 6. The van der Waals surface area contributed by atoms with E-state index >= 15 is 0 Å². The first kappa shape index (κ1) is 20.2. The first-order valence-electron chi connectivity index (χ1n) is 8.75. The van der Waals surface area contributed by atoms with Crippen LogP contribution >= 0.6 is 0 Å². The average molecular weight is 400 g/mol. The molecule has 150 valence electrons. The van der Waals surface area contributed by atoms with Crippen LogP contribution in [0.2, 0.25) is 0 Å². The highest BCUT2D eigenvalue weighted by atomic mass is 19.1. The van der Waals surface area contributed by atoms with Crippen LogP contribution < -0.4 is 5.32 Å². The highest BCUT2D eigenvalue weighted by molar-refractivity contribution is 5.92. The largest absolute Gasteiger partial charge is 0.387 e. The average Bonchev–Trinajstić information content (AvgIpc) is 3.31. The lowest BCUT2D eigenvalue weighted by molar-refractivity contribution is 0.0931. The maximum atomic E-state index is 13.8. The van der Waals surface area contributed by atoms with Crippen molar-refractivity contribution < 1.29 is 18.7 Å². The van der Waals surface area contributed by atoms with E-state index in [1.54, 1.807) is 26.1 Å². The summed E-state index contributed by atoms with van der Waals surface area (Å²) in [6.45, 7) is 3.63. The highest BCUT2D eigenvalue weighted by Crippen LogP contribution is 2.22. The molecule has 0 bridgehead atoms. The van der Waals surface area contributed by atoms with Crippen LogP contribution in [0, 0.1) is 23.0 Å². The molecular weight excluding hydrogens is 382 g/mol. The first-order chi connectivity index (χ1) is 13.8. The van der Waals surface area contributed by atoms with Crippen LogP contribution in [0.25, 0.3) is 11.3 Å². The Balaban J connectivity index is 1.66. The topological polar surface area (TPSA) is 120 Å². The van der Waals surface area contributed by atoms with E-state index in [1.165, 1.54) is 16.8 Å². The molecule has 8 nitrogen and oxygen atoms in total. The summed E-state index contributed by atoms with van der Waals surface area (Å²) in [6, 6.07) is 6.30. The Morgan fingerprint density at radius 2 is 2.03 bits per heavy atom. The summed E-state index contributed by atoms with van der Waals surface area (Å²) < 4.78 is 29.1. The van der Waals surface area contributed by atoms with Gasteiger partial charge in [-0.3, -0.25) is 14.6 Å². The van der Waals surface area contributed by atoms with E-state index in [2.05, 4.69) is 20.6 Å². The van der Waals surface area contributed by atoms with Gasteiger partial charge in [0.05, 0.1) is 24.0 Å². The fourth-order valence-electron chi connectivity index (χ4n) is 2.74. The monoisotopic (exact) mass is 400 g/mol. The van der Waals surface area contributed by atoms with Crippen LogP contribution in [0.15, 0.2) is 30.5 Å². The minimum absolute atomic E-state index is 0.150. The second-order valence-electron chi connectivity index (χ2n) is 6.61. The number of aliphatic hydroxyl groups is 1. The molecule has 0 aliphatic heterocycles. The number of nitrogens with one attached hydrogen (secondary N) is 2. The molecule has 3 aromatic rings. The number of benzene rings is 1. The van der Waals surface area contributed by atoms with Crippen molar-refractivity contribution in [3.05, 3.63) is 59.0 Å². The smallest absolute Gasteiger partial charge is 0.272 e. The SMILES string of the molecule is CC(Cn1ccc(-c2cc(F)c(C#N)c(F)c2)n1)NC(=O)c1cc(C(C)O)[nH]n1. The zero-order valence-electron chi connectivity index (χ0n) is 15.6. The Morgan fingerprint density at radius 3 is 2.62 bits per heavy atom. The van der Waals surface area contributed by atoms with Gasteiger partial charge in [0, 0.05) is 17.8 Å². The molecule has 0 saturated heterocycles. The third-order valence-corrected chi connectivity index (χ3v) is 4.21. The highest BCUT2D eigenvalue weighted by Gasteiger charge is 2.16. The molecule has 2 unspecified atom stereocenters. The predicted octanol–water partition coefficient (Wildman–Crippen LogP) is 2.29. The van der Waals surface area contributed by atoms with Gasteiger partial charge in [0.15, 0.2) is 0 Å². The molecule has 0 fully saturated rings. The molecule has 29 heavy (non-hydrogen) atoms. The lowest BCUT2D eigenvalue weighted by atomic mass is 10.1. The molecule has 2 aromatic heterocycles. The van der Waals surface area contributed by atoms with E-state index in [9.17, 15) is 18.7 Å². The molecular formula is C19H18F2N6O2. The molecule has 3 N–H and O–H groups in total. The van der Waals surface area contributed by atoms with E-state index in [0.29, 0.717) is 17.9 Å². The fourth-order valence-corrected chi connectivity index (χ4v) is 2.74. The molecule has 0 aliphatic rings. The van der Waals surface area contributed by atoms with Crippen LogP contribution in [-0.4, -0.2) is 37.0 Å². The Hall–Kier alpha value is -3.58. The van der Waals surface area contributed by atoms with Crippen molar-refractivity contribution in [1.82, 2.24) is 25.3 Å². The van der Waals surface area contributed by atoms with Crippen molar-refractivity contribution in [3.63, 3.8) is 0 Å². The Kier molecular flexibility index (Phi) is 5.70. The normalized spacial score (nSPS) is 13.0. The lowest BCUT2D eigenvalue weighted by Crippen LogP contribution is -2.36. The number of nitrogens with zero attached hydrogens (tertiary/aromatic N) is 4. The zero-order chi connectivity index (χ0) is 21.1. The first-order valence-corrected chi connectivity index (χ1v) is 8.75.